The molecule has 1 heterocycles. The quantitative estimate of drug-likeness (QED) is 0.533. The lowest BCUT2D eigenvalue weighted by atomic mass is 10.2. The summed E-state index contributed by atoms with van der Waals surface area (Å²) in [4.78, 5) is 23.6. The zero-order chi connectivity index (χ0) is 19.2. The molecule has 0 bridgehead atoms. The van der Waals surface area contributed by atoms with E-state index < -0.39 is 11.9 Å². The number of aromatic nitrogens is 3. The average Bonchev–Trinajstić information content (AvgIpc) is 3.40. The molecule has 1 aromatic heterocycles. The minimum absolute atomic E-state index is 0.0311. The first-order chi connectivity index (χ1) is 13.1. The number of rotatable bonds is 8. The average molecular weight is 391 g/mol. The summed E-state index contributed by atoms with van der Waals surface area (Å²) in [5, 5.41) is 13.7. The number of halogens is 1. The number of nitrogens with one attached hydrogen (secondary N) is 2. The molecule has 0 atom stereocenters. The van der Waals surface area contributed by atoms with Gasteiger partial charge in [0.25, 0.3) is 0 Å². The zero-order valence-electron chi connectivity index (χ0n) is 15.1. The number of carbonyl (C=O) groups excluding carboxylic acids is 2. The van der Waals surface area contributed by atoms with Crippen molar-refractivity contribution in [2.45, 2.75) is 43.8 Å². The van der Waals surface area contributed by atoms with E-state index in [1.54, 1.807) is 18.2 Å². The van der Waals surface area contributed by atoms with E-state index in [4.69, 9.17) is 0 Å². The van der Waals surface area contributed by atoms with Crippen LogP contribution in [0, 0.1) is 5.82 Å². The zero-order valence-corrected chi connectivity index (χ0v) is 15.9. The maximum absolute atomic E-state index is 14.1. The fourth-order valence-corrected chi connectivity index (χ4v) is 3.38. The van der Waals surface area contributed by atoms with Crippen molar-refractivity contribution in [1.82, 2.24) is 25.4 Å². The fraction of sp³-hybridized carbons (Fsp3) is 0.444. The van der Waals surface area contributed by atoms with E-state index in [9.17, 15) is 14.0 Å². The van der Waals surface area contributed by atoms with E-state index in [0.717, 1.165) is 25.7 Å². The van der Waals surface area contributed by atoms with Crippen LogP contribution in [0.3, 0.4) is 0 Å². The maximum atomic E-state index is 14.1. The number of thioether (sulfide) groups is 1. The van der Waals surface area contributed by atoms with Gasteiger partial charge >= 0.3 is 6.03 Å². The highest BCUT2D eigenvalue weighted by Crippen LogP contribution is 2.41. The molecular weight excluding hydrogens is 369 g/mol. The lowest BCUT2D eigenvalue weighted by Crippen LogP contribution is -2.40. The van der Waals surface area contributed by atoms with E-state index in [1.165, 1.54) is 17.8 Å². The van der Waals surface area contributed by atoms with Crippen LogP contribution in [0.2, 0.25) is 0 Å². The van der Waals surface area contributed by atoms with E-state index >= 15 is 0 Å². The topological polar surface area (TPSA) is 88.9 Å². The van der Waals surface area contributed by atoms with Gasteiger partial charge in [-0.3, -0.25) is 14.7 Å². The summed E-state index contributed by atoms with van der Waals surface area (Å²) < 4.78 is 16.0. The molecule has 1 aliphatic carbocycles. The summed E-state index contributed by atoms with van der Waals surface area (Å²) in [6.45, 7) is 2.55. The molecule has 1 saturated carbocycles. The van der Waals surface area contributed by atoms with Gasteiger partial charge in [0.1, 0.15) is 5.82 Å². The third-order valence-corrected chi connectivity index (χ3v) is 5.04. The van der Waals surface area contributed by atoms with Crippen LogP contribution in [0.4, 0.5) is 9.18 Å². The van der Waals surface area contributed by atoms with Gasteiger partial charge in [0, 0.05) is 12.6 Å². The van der Waals surface area contributed by atoms with Crippen LogP contribution in [0.1, 0.15) is 38.6 Å². The van der Waals surface area contributed by atoms with Gasteiger partial charge in [-0.2, -0.15) is 0 Å². The Labute approximate surface area is 161 Å². The molecule has 3 rings (SSSR count). The van der Waals surface area contributed by atoms with E-state index in [1.807, 2.05) is 11.5 Å². The highest BCUT2D eigenvalue weighted by Gasteiger charge is 2.31. The SMILES string of the molecule is CCCCNC(=O)NC(=O)CSc1nnc(-c2ccccc2F)n1C1CC1. The van der Waals surface area contributed by atoms with Gasteiger partial charge in [0.05, 0.1) is 11.3 Å². The van der Waals surface area contributed by atoms with Crippen molar-refractivity contribution in [2.75, 3.05) is 12.3 Å². The summed E-state index contributed by atoms with van der Waals surface area (Å²) in [7, 11) is 0. The minimum atomic E-state index is -0.496. The van der Waals surface area contributed by atoms with Crippen LogP contribution < -0.4 is 10.6 Å². The Kier molecular flexibility index (Phi) is 6.44. The van der Waals surface area contributed by atoms with Gasteiger partial charge in [-0.15, -0.1) is 10.2 Å². The number of benzene rings is 1. The smallest absolute Gasteiger partial charge is 0.321 e. The molecule has 2 N–H and O–H groups in total. The van der Waals surface area contributed by atoms with Gasteiger partial charge in [0.2, 0.25) is 5.91 Å². The molecule has 27 heavy (non-hydrogen) atoms. The predicted octanol–water partition coefficient (Wildman–Crippen LogP) is 3.14. The monoisotopic (exact) mass is 391 g/mol. The summed E-state index contributed by atoms with van der Waals surface area (Å²) in [5.41, 5.74) is 0.392. The third kappa shape index (κ3) is 5.06. The van der Waals surface area contributed by atoms with Gasteiger partial charge in [-0.1, -0.05) is 37.2 Å². The summed E-state index contributed by atoms with van der Waals surface area (Å²) in [6.07, 6.45) is 3.77. The molecule has 144 valence electrons. The number of hydrogen-bond acceptors (Lipinski definition) is 5. The van der Waals surface area contributed by atoms with Gasteiger partial charge in [-0.05, 0) is 31.4 Å². The first-order valence-electron chi connectivity index (χ1n) is 9.00. The van der Waals surface area contributed by atoms with Crippen molar-refractivity contribution in [2.24, 2.45) is 0 Å². The van der Waals surface area contributed by atoms with Crippen LogP contribution in [0.5, 0.6) is 0 Å². The molecule has 0 radical (unpaired) electrons. The van der Waals surface area contributed by atoms with Crippen molar-refractivity contribution in [3.05, 3.63) is 30.1 Å². The Morgan fingerprint density at radius 2 is 2.07 bits per heavy atom. The molecule has 2 aromatic rings. The summed E-state index contributed by atoms with van der Waals surface area (Å²) in [5.74, 6) is -0.268. The highest BCUT2D eigenvalue weighted by molar-refractivity contribution is 7.99. The molecule has 7 nitrogen and oxygen atoms in total. The molecule has 0 saturated heterocycles. The molecule has 0 spiro atoms. The molecule has 9 heteroatoms. The van der Waals surface area contributed by atoms with Crippen LogP contribution in [0.25, 0.3) is 11.4 Å². The van der Waals surface area contributed by atoms with Crippen molar-refractivity contribution in [1.29, 1.82) is 0 Å². The van der Waals surface area contributed by atoms with Crippen LogP contribution in [-0.2, 0) is 4.79 Å². The van der Waals surface area contributed by atoms with E-state index in [-0.39, 0.29) is 17.6 Å². The number of hydrogen-bond donors (Lipinski definition) is 2. The largest absolute Gasteiger partial charge is 0.338 e. The molecule has 0 unspecified atom stereocenters. The van der Waals surface area contributed by atoms with Gasteiger partial charge < -0.3 is 5.32 Å². The molecule has 1 aliphatic rings. The van der Waals surface area contributed by atoms with Gasteiger partial charge in [-0.25, -0.2) is 9.18 Å². The number of urea groups is 1. The summed E-state index contributed by atoms with van der Waals surface area (Å²) in [6, 6.07) is 6.16. The van der Waals surface area contributed by atoms with Crippen molar-refractivity contribution in [3.8, 4) is 11.4 Å². The van der Waals surface area contributed by atoms with Crippen LogP contribution in [0.15, 0.2) is 29.4 Å². The fourth-order valence-electron chi connectivity index (χ4n) is 2.58. The molecule has 1 aromatic carbocycles. The van der Waals surface area contributed by atoms with Gasteiger partial charge in [0.15, 0.2) is 11.0 Å². The van der Waals surface area contributed by atoms with Crippen molar-refractivity contribution >= 4 is 23.7 Å². The first-order valence-corrected chi connectivity index (χ1v) is 9.99. The Bertz CT molecular complexity index is 822. The van der Waals surface area contributed by atoms with E-state index in [0.29, 0.717) is 23.1 Å². The Morgan fingerprint density at radius 1 is 1.30 bits per heavy atom. The second-order valence-corrected chi connectivity index (χ2v) is 7.28. The normalized spacial score (nSPS) is 13.4. The third-order valence-electron chi connectivity index (χ3n) is 4.09. The summed E-state index contributed by atoms with van der Waals surface area (Å²) >= 11 is 1.19. The van der Waals surface area contributed by atoms with Crippen molar-refractivity contribution < 1.29 is 14.0 Å². The number of nitrogens with zero attached hydrogens (tertiary/aromatic N) is 3. The second-order valence-electron chi connectivity index (χ2n) is 6.33. The highest BCUT2D eigenvalue weighted by atomic mass is 32.2. The molecule has 0 aliphatic heterocycles. The lowest BCUT2D eigenvalue weighted by molar-refractivity contribution is -0.117. The Balaban J connectivity index is 1.63. The van der Waals surface area contributed by atoms with E-state index in [2.05, 4.69) is 20.8 Å². The standard InChI is InChI=1S/C18H22FN5O2S/c1-2-3-10-20-17(26)21-15(25)11-27-18-23-22-16(24(18)12-8-9-12)13-6-4-5-7-14(13)19/h4-7,12H,2-3,8-11H2,1H3,(H2,20,21,25,26). The minimum Gasteiger partial charge on any atom is -0.338 e. The number of imide groups is 1. The second kappa shape index (κ2) is 8.98. The number of amides is 3. The predicted molar refractivity (Wildman–Crippen MR) is 101 cm³/mol. The van der Waals surface area contributed by atoms with Crippen molar-refractivity contribution in [3.63, 3.8) is 0 Å². The lowest BCUT2D eigenvalue weighted by Gasteiger charge is -2.09. The number of unbranched alkanes of at least 4 members (excludes halogenated alkanes) is 1. The number of carbonyl (C=O) groups is 2. The van der Waals surface area contributed by atoms with Crippen LogP contribution in [-0.4, -0.2) is 39.0 Å². The molecule has 1 fully saturated rings. The molecular formula is C18H22FN5O2S. The Morgan fingerprint density at radius 3 is 2.78 bits per heavy atom. The Hall–Kier alpha value is -2.42. The maximum Gasteiger partial charge on any atom is 0.321 e. The van der Waals surface area contributed by atoms with Crippen LogP contribution >= 0.6 is 11.8 Å². The first kappa shape index (κ1) is 19.3. The molecule has 3 amide bonds.